The van der Waals surface area contributed by atoms with Crippen LogP contribution < -0.4 is 16.2 Å². The normalized spacial score (nSPS) is 15.1. The van der Waals surface area contributed by atoms with E-state index < -0.39 is 26.6 Å². The van der Waals surface area contributed by atoms with E-state index in [1.54, 1.807) is 0 Å². The molecule has 5 N–H and O–H groups in total. The Kier molecular flexibility index (Phi) is 4.95. The molecule has 20 heavy (non-hydrogen) atoms. The van der Waals surface area contributed by atoms with E-state index in [2.05, 4.69) is 5.32 Å². The summed E-state index contributed by atoms with van der Waals surface area (Å²) in [5.74, 6) is -0.286. The smallest absolute Gasteiger partial charge is 0.287 e. The van der Waals surface area contributed by atoms with Crippen LogP contribution in [0.2, 0.25) is 0 Å². The maximum absolute atomic E-state index is 12.0. The number of primary sulfonamides is 1. The number of carbonyl (C=O) groups excluding carboxylic acids is 1. The molecule has 114 valence electrons. The molecule has 7 nitrogen and oxygen atoms in total. The maximum atomic E-state index is 12.0. The van der Waals surface area contributed by atoms with E-state index in [-0.39, 0.29) is 12.3 Å². The average molecular weight is 303 g/mol. The van der Waals surface area contributed by atoms with Gasteiger partial charge in [-0.1, -0.05) is 13.8 Å². The van der Waals surface area contributed by atoms with Crippen molar-refractivity contribution in [3.63, 3.8) is 0 Å². The fourth-order valence-electron chi connectivity index (χ4n) is 2.02. The van der Waals surface area contributed by atoms with Crippen LogP contribution in [-0.4, -0.2) is 26.4 Å². The number of nitrogens with one attached hydrogen (secondary N) is 1. The summed E-state index contributed by atoms with van der Waals surface area (Å²) in [5.41, 5.74) is 5.11. The third-order valence-electron chi connectivity index (χ3n) is 2.81. The molecule has 1 aromatic rings. The zero-order valence-corrected chi connectivity index (χ0v) is 12.7. The van der Waals surface area contributed by atoms with Crippen LogP contribution in [0.4, 0.5) is 0 Å². The Morgan fingerprint density at radius 1 is 1.45 bits per heavy atom. The summed E-state index contributed by atoms with van der Waals surface area (Å²) in [7, 11) is -3.96. The molecule has 0 aliphatic carbocycles. The molecule has 0 aliphatic heterocycles. The van der Waals surface area contributed by atoms with Gasteiger partial charge in [0, 0.05) is 6.54 Å². The lowest BCUT2D eigenvalue weighted by Crippen LogP contribution is -2.52. The second-order valence-electron chi connectivity index (χ2n) is 5.48. The fraction of sp³-hybridized carbons (Fsp3) is 0.583. The lowest BCUT2D eigenvalue weighted by molar-refractivity contribution is 0.0864. The Bertz CT molecular complexity index is 579. The van der Waals surface area contributed by atoms with Crippen molar-refractivity contribution < 1.29 is 17.6 Å². The molecule has 0 bridgehead atoms. The predicted molar refractivity (Wildman–Crippen MR) is 74.5 cm³/mol. The van der Waals surface area contributed by atoms with Crippen molar-refractivity contribution in [2.75, 3.05) is 6.54 Å². The van der Waals surface area contributed by atoms with E-state index in [4.69, 9.17) is 15.3 Å². The molecule has 1 atom stereocenters. The molecule has 1 rings (SSSR count). The molecule has 0 saturated heterocycles. The van der Waals surface area contributed by atoms with Gasteiger partial charge in [0.1, 0.15) is 0 Å². The minimum Gasteiger partial charge on any atom is -0.438 e. The molecular formula is C12H21N3O4S. The number of rotatable bonds is 6. The quantitative estimate of drug-likeness (QED) is 0.701. The molecule has 0 fully saturated rings. The van der Waals surface area contributed by atoms with E-state index in [1.165, 1.54) is 6.07 Å². The monoisotopic (exact) mass is 303 g/mol. The summed E-state index contributed by atoms with van der Waals surface area (Å²) < 4.78 is 27.1. The standard InChI is InChI=1S/C12H21N3O4S/c1-8(2)6-12(3,7-13)15-11(16)9-4-5-10(19-9)20(14,17)18/h4-5,8H,6-7,13H2,1-3H3,(H,15,16)(H2,14,17,18). The molecule has 0 aromatic carbocycles. The van der Waals surface area contributed by atoms with E-state index in [9.17, 15) is 13.2 Å². The van der Waals surface area contributed by atoms with Crippen molar-refractivity contribution in [1.29, 1.82) is 0 Å². The fourth-order valence-corrected chi connectivity index (χ4v) is 2.48. The molecule has 0 spiro atoms. The molecular weight excluding hydrogens is 282 g/mol. The first kappa shape index (κ1) is 16.7. The van der Waals surface area contributed by atoms with Crippen LogP contribution in [-0.2, 0) is 10.0 Å². The highest BCUT2D eigenvalue weighted by Gasteiger charge is 2.28. The zero-order valence-electron chi connectivity index (χ0n) is 11.8. The zero-order chi connectivity index (χ0) is 15.6. The number of sulfonamides is 1. The third kappa shape index (κ3) is 4.32. The number of amides is 1. The molecule has 1 heterocycles. The molecule has 1 amide bonds. The Labute approximate surface area is 118 Å². The minimum atomic E-state index is -3.96. The summed E-state index contributed by atoms with van der Waals surface area (Å²) in [6.45, 7) is 6.13. The van der Waals surface area contributed by atoms with Gasteiger partial charge in [-0.15, -0.1) is 0 Å². The van der Waals surface area contributed by atoms with Crippen molar-refractivity contribution in [3.05, 3.63) is 17.9 Å². The highest BCUT2D eigenvalue weighted by Crippen LogP contribution is 2.17. The van der Waals surface area contributed by atoms with E-state index >= 15 is 0 Å². The summed E-state index contributed by atoms with van der Waals surface area (Å²) in [4.78, 5) is 12.0. The molecule has 0 radical (unpaired) electrons. The molecule has 0 saturated carbocycles. The van der Waals surface area contributed by atoms with Crippen LogP contribution in [0.1, 0.15) is 37.7 Å². The van der Waals surface area contributed by atoms with Crippen molar-refractivity contribution in [2.24, 2.45) is 16.8 Å². The number of hydrogen-bond acceptors (Lipinski definition) is 5. The van der Waals surface area contributed by atoms with Gasteiger partial charge in [-0.3, -0.25) is 4.79 Å². The Hall–Kier alpha value is -1.38. The summed E-state index contributed by atoms with van der Waals surface area (Å²) in [5, 5.41) is 7.23. The first-order chi connectivity index (χ1) is 9.07. The molecule has 8 heteroatoms. The largest absolute Gasteiger partial charge is 0.438 e. The summed E-state index contributed by atoms with van der Waals surface area (Å²) in [6.07, 6.45) is 0.692. The topological polar surface area (TPSA) is 128 Å². The van der Waals surface area contributed by atoms with Crippen LogP contribution in [0.3, 0.4) is 0 Å². The Balaban J connectivity index is 2.88. The van der Waals surface area contributed by atoms with Gasteiger partial charge in [0.15, 0.2) is 5.76 Å². The number of hydrogen-bond donors (Lipinski definition) is 3. The van der Waals surface area contributed by atoms with E-state index in [1.807, 2.05) is 20.8 Å². The van der Waals surface area contributed by atoms with Crippen LogP contribution in [0.15, 0.2) is 21.6 Å². The number of nitrogens with two attached hydrogens (primary N) is 2. The van der Waals surface area contributed by atoms with Gasteiger partial charge < -0.3 is 15.5 Å². The predicted octanol–water partition coefficient (Wildman–Crippen LogP) is 0.420. The lowest BCUT2D eigenvalue weighted by atomic mass is 9.90. The van der Waals surface area contributed by atoms with Crippen LogP contribution in [0, 0.1) is 5.92 Å². The summed E-state index contributed by atoms with van der Waals surface area (Å²) >= 11 is 0. The molecule has 1 unspecified atom stereocenters. The van der Waals surface area contributed by atoms with Crippen LogP contribution in [0.25, 0.3) is 0 Å². The van der Waals surface area contributed by atoms with E-state index in [0.717, 1.165) is 6.07 Å². The van der Waals surface area contributed by atoms with Gasteiger partial charge in [-0.2, -0.15) is 0 Å². The minimum absolute atomic E-state index is 0.113. The first-order valence-electron chi connectivity index (χ1n) is 6.22. The SMILES string of the molecule is CC(C)CC(C)(CN)NC(=O)c1ccc(S(N)(=O)=O)o1. The van der Waals surface area contributed by atoms with Gasteiger partial charge in [0.05, 0.1) is 5.54 Å². The second kappa shape index (κ2) is 5.94. The molecule has 1 aromatic heterocycles. The van der Waals surface area contributed by atoms with Gasteiger partial charge in [0.25, 0.3) is 15.9 Å². The van der Waals surface area contributed by atoms with Crippen molar-refractivity contribution in [1.82, 2.24) is 5.32 Å². The van der Waals surface area contributed by atoms with Gasteiger partial charge in [0.2, 0.25) is 5.09 Å². The third-order valence-corrected chi connectivity index (χ3v) is 3.59. The Morgan fingerprint density at radius 3 is 2.45 bits per heavy atom. The highest BCUT2D eigenvalue weighted by molar-refractivity contribution is 7.89. The lowest BCUT2D eigenvalue weighted by Gasteiger charge is -2.30. The number of furan rings is 1. The average Bonchev–Trinajstić information content (AvgIpc) is 2.76. The van der Waals surface area contributed by atoms with Gasteiger partial charge in [-0.25, -0.2) is 13.6 Å². The van der Waals surface area contributed by atoms with Gasteiger partial charge in [-0.05, 0) is 31.4 Å². The van der Waals surface area contributed by atoms with Crippen LogP contribution >= 0.6 is 0 Å². The van der Waals surface area contributed by atoms with Crippen molar-refractivity contribution >= 4 is 15.9 Å². The van der Waals surface area contributed by atoms with Gasteiger partial charge >= 0.3 is 0 Å². The van der Waals surface area contributed by atoms with Crippen molar-refractivity contribution in [2.45, 2.75) is 37.8 Å². The number of carbonyl (C=O) groups is 1. The maximum Gasteiger partial charge on any atom is 0.287 e. The van der Waals surface area contributed by atoms with E-state index in [0.29, 0.717) is 12.3 Å². The van der Waals surface area contributed by atoms with Crippen molar-refractivity contribution in [3.8, 4) is 0 Å². The highest BCUT2D eigenvalue weighted by atomic mass is 32.2. The second-order valence-corrected chi connectivity index (χ2v) is 6.97. The summed E-state index contributed by atoms with van der Waals surface area (Å²) in [6, 6.07) is 2.41. The molecule has 0 aliphatic rings. The van der Waals surface area contributed by atoms with Crippen LogP contribution in [0.5, 0.6) is 0 Å². The Morgan fingerprint density at radius 2 is 2.05 bits per heavy atom. The first-order valence-corrected chi connectivity index (χ1v) is 7.77.